The Kier molecular flexibility index (Phi) is 5.47. The van der Waals surface area contributed by atoms with Crippen molar-refractivity contribution in [1.82, 2.24) is 5.32 Å². The van der Waals surface area contributed by atoms with Crippen molar-refractivity contribution < 1.29 is 4.79 Å². The van der Waals surface area contributed by atoms with Crippen molar-refractivity contribution in [3.8, 4) is 0 Å². The maximum atomic E-state index is 10.5. The van der Waals surface area contributed by atoms with E-state index in [-0.39, 0.29) is 5.91 Å². The molecule has 3 nitrogen and oxygen atoms in total. The van der Waals surface area contributed by atoms with Crippen LogP contribution < -0.4 is 11.1 Å². The molecule has 0 saturated carbocycles. The summed E-state index contributed by atoms with van der Waals surface area (Å²) in [4.78, 5) is 10.5. The van der Waals surface area contributed by atoms with Crippen molar-refractivity contribution in [2.45, 2.75) is 20.3 Å². The molecule has 0 saturated heterocycles. The molecule has 0 atom stereocenters. The topological polar surface area (TPSA) is 55.1 Å². The minimum atomic E-state index is -0.332. The third-order valence-corrected chi connectivity index (χ3v) is 1.41. The van der Waals surface area contributed by atoms with Crippen molar-refractivity contribution >= 4 is 5.91 Å². The third-order valence-electron chi connectivity index (χ3n) is 1.41. The van der Waals surface area contributed by atoms with E-state index in [0.717, 1.165) is 19.5 Å². The molecule has 3 N–H and O–H groups in total. The molecular formula is C8H16N2O. The fourth-order valence-electron chi connectivity index (χ4n) is 0.668. The largest absolute Gasteiger partial charge is 0.366 e. The van der Waals surface area contributed by atoms with E-state index in [2.05, 4.69) is 5.32 Å². The summed E-state index contributed by atoms with van der Waals surface area (Å²) in [6.07, 6.45) is 2.72. The molecule has 1 amide bonds. The summed E-state index contributed by atoms with van der Waals surface area (Å²) in [6, 6.07) is 0. The molecular weight excluding hydrogens is 140 g/mol. The van der Waals surface area contributed by atoms with Gasteiger partial charge in [0.25, 0.3) is 0 Å². The lowest BCUT2D eigenvalue weighted by atomic mass is 10.2. The first-order valence-electron chi connectivity index (χ1n) is 3.85. The quantitative estimate of drug-likeness (QED) is 0.447. The number of hydrogen-bond acceptors (Lipinski definition) is 2. The SMILES string of the molecule is CCNCCC=C(C)C(N)=O. The average molecular weight is 156 g/mol. The van der Waals surface area contributed by atoms with E-state index in [4.69, 9.17) is 5.73 Å². The zero-order valence-corrected chi connectivity index (χ0v) is 7.18. The van der Waals surface area contributed by atoms with Gasteiger partial charge >= 0.3 is 0 Å². The second kappa shape index (κ2) is 5.92. The van der Waals surface area contributed by atoms with Gasteiger partial charge < -0.3 is 11.1 Å². The lowest BCUT2D eigenvalue weighted by Gasteiger charge is -1.97. The monoisotopic (exact) mass is 156 g/mol. The summed E-state index contributed by atoms with van der Waals surface area (Å²) in [5.41, 5.74) is 5.66. The van der Waals surface area contributed by atoms with E-state index >= 15 is 0 Å². The van der Waals surface area contributed by atoms with Gasteiger partial charge in [0.1, 0.15) is 0 Å². The van der Waals surface area contributed by atoms with Crippen molar-refractivity contribution in [2.75, 3.05) is 13.1 Å². The minimum absolute atomic E-state index is 0.332. The van der Waals surface area contributed by atoms with Gasteiger partial charge in [-0.3, -0.25) is 4.79 Å². The van der Waals surface area contributed by atoms with E-state index in [9.17, 15) is 4.79 Å². The predicted octanol–water partition coefficient (Wildman–Crippen LogP) is 0.418. The number of nitrogens with one attached hydrogen (secondary N) is 1. The van der Waals surface area contributed by atoms with Gasteiger partial charge in [-0.1, -0.05) is 13.0 Å². The van der Waals surface area contributed by atoms with Crippen LogP contribution in [0.25, 0.3) is 0 Å². The third kappa shape index (κ3) is 5.61. The van der Waals surface area contributed by atoms with Gasteiger partial charge in [-0.05, 0) is 26.4 Å². The molecule has 0 rings (SSSR count). The van der Waals surface area contributed by atoms with Gasteiger partial charge in [0.2, 0.25) is 5.91 Å². The van der Waals surface area contributed by atoms with E-state index in [0.29, 0.717) is 5.57 Å². The Morgan fingerprint density at radius 3 is 2.73 bits per heavy atom. The zero-order chi connectivity index (χ0) is 8.69. The molecule has 3 heteroatoms. The normalized spacial score (nSPS) is 11.6. The fourth-order valence-corrected chi connectivity index (χ4v) is 0.668. The Balaban J connectivity index is 3.48. The van der Waals surface area contributed by atoms with E-state index in [1.54, 1.807) is 6.92 Å². The molecule has 0 heterocycles. The molecule has 0 unspecified atom stereocenters. The number of carbonyl (C=O) groups is 1. The zero-order valence-electron chi connectivity index (χ0n) is 7.18. The molecule has 64 valence electrons. The Bertz CT molecular complexity index is 152. The van der Waals surface area contributed by atoms with Crippen molar-refractivity contribution in [2.24, 2.45) is 5.73 Å². The molecule has 0 aromatic carbocycles. The lowest BCUT2D eigenvalue weighted by molar-refractivity contribution is -0.114. The highest BCUT2D eigenvalue weighted by molar-refractivity contribution is 5.91. The summed E-state index contributed by atoms with van der Waals surface area (Å²) < 4.78 is 0. The molecule has 0 aromatic rings. The van der Waals surface area contributed by atoms with Crippen LogP contribution >= 0.6 is 0 Å². The molecule has 0 aromatic heterocycles. The number of amides is 1. The highest BCUT2D eigenvalue weighted by atomic mass is 16.1. The van der Waals surface area contributed by atoms with Crippen molar-refractivity contribution in [3.63, 3.8) is 0 Å². The van der Waals surface area contributed by atoms with E-state index < -0.39 is 0 Å². The second-order valence-electron chi connectivity index (χ2n) is 2.39. The maximum absolute atomic E-state index is 10.5. The van der Waals surface area contributed by atoms with Crippen LogP contribution in [0.5, 0.6) is 0 Å². The summed E-state index contributed by atoms with van der Waals surface area (Å²) in [5, 5.41) is 3.15. The van der Waals surface area contributed by atoms with Gasteiger partial charge in [0.15, 0.2) is 0 Å². The minimum Gasteiger partial charge on any atom is -0.366 e. The maximum Gasteiger partial charge on any atom is 0.244 e. The standard InChI is InChI=1S/C8H16N2O/c1-3-10-6-4-5-7(2)8(9)11/h5,10H,3-4,6H2,1-2H3,(H2,9,11). The van der Waals surface area contributed by atoms with Gasteiger partial charge in [-0.15, -0.1) is 0 Å². The van der Waals surface area contributed by atoms with E-state index in [1.165, 1.54) is 0 Å². The number of nitrogens with two attached hydrogens (primary N) is 1. The Morgan fingerprint density at radius 1 is 1.64 bits per heavy atom. The summed E-state index contributed by atoms with van der Waals surface area (Å²) >= 11 is 0. The first-order chi connectivity index (χ1) is 5.18. The van der Waals surface area contributed by atoms with Crippen LogP contribution in [0.2, 0.25) is 0 Å². The van der Waals surface area contributed by atoms with Crippen LogP contribution in [0.4, 0.5) is 0 Å². The van der Waals surface area contributed by atoms with Crippen molar-refractivity contribution in [3.05, 3.63) is 11.6 Å². The number of rotatable bonds is 5. The number of carbonyl (C=O) groups excluding carboxylic acids is 1. The number of hydrogen-bond donors (Lipinski definition) is 2. The van der Waals surface area contributed by atoms with Crippen LogP contribution in [0.3, 0.4) is 0 Å². The van der Waals surface area contributed by atoms with E-state index in [1.807, 2.05) is 13.0 Å². The van der Waals surface area contributed by atoms with Crippen LogP contribution in [-0.4, -0.2) is 19.0 Å². The smallest absolute Gasteiger partial charge is 0.244 e. The molecule has 0 fully saturated rings. The second-order valence-corrected chi connectivity index (χ2v) is 2.39. The Hall–Kier alpha value is -0.830. The Labute approximate surface area is 67.7 Å². The molecule has 0 bridgehead atoms. The first kappa shape index (κ1) is 10.2. The average Bonchev–Trinajstić information content (AvgIpc) is 1.97. The van der Waals surface area contributed by atoms with Crippen LogP contribution in [0.1, 0.15) is 20.3 Å². The molecule has 0 radical (unpaired) electrons. The highest BCUT2D eigenvalue weighted by Crippen LogP contribution is 1.92. The van der Waals surface area contributed by atoms with Crippen LogP contribution in [-0.2, 0) is 4.79 Å². The van der Waals surface area contributed by atoms with Crippen LogP contribution in [0.15, 0.2) is 11.6 Å². The molecule has 11 heavy (non-hydrogen) atoms. The van der Waals surface area contributed by atoms with Gasteiger partial charge in [0, 0.05) is 5.57 Å². The Morgan fingerprint density at radius 2 is 2.27 bits per heavy atom. The highest BCUT2D eigenvalue weighted by Gasteiger charge is 1.93. The summed E-state index contributed by atoms with van der Waals surface area (Å²) in [5.74, 6) is -0.332. The summed E-state index contributed by atoms with van der Waals surface area (Å²) in [7, 11) is 0. The predicted molar refractivity (Wildman–Crippen MR) is 46.1 cm³/mol. The first-order valence-corrected chi connectivity index (χ1v) is 3.85. The van der Waals surface area contributed by atoms with Crippen molar-refractivity contribution in [1.29, 1.82) is 0 Å². The lowest BCUT2D eigenvalue weighted by Crippen LogP contribution is -2.15. The van der Waals surface area contributed by atoms with Crippen LogP contribution in [0, 0.1) is 0 Å². The summed E-state index contributed by atoms with van der Waals surface area (Å²) in [6.45, 7) is 5.64. The molecule has 0 aliphatic rings. The van der Waals surface area contributed by atoms with Gasteiger partial charge in [-0.2, -0.15) is 0 Å². The fraction of sp³-hybridized carbons (Fsp3) is 0.625. The van der Waals surface area contributed by atoms with Gasteiger partial charge in [-0.25, -0.2) is 0 Å². The number of primary amides is 1. The molecule has 0 aliphatic carbocycles. The molecule has 0 spiro atoms. The molecule has 0 aliphatic heterocycles. The van der Waals surface area contributed by atoms with Gasteiger partial charge in [0.05, 0.1) is 0 Å².